The fourth-order valence-electron chi connectivity index (χ4n) is 6.99. The second kappa shape index (κ2) is 8.54. The molecular formula is C26H24ClF6N7. The van der Waals surface area contributed by atoms with Gasteiger partial charge in [-0.1, -0.05) is 11.6 Å². The molecule has 3 saturated carbocycles. The van der Waals surface area contributed by atoms with Crippen LogP contribution in [0.2, 0.25) is 5.02 Å². The number of rotatable bonds is 3. The van der Waals surface area contributed by atoms with Gasteiger partial charge in [0.1, 0.15) is 11.5 Å². The average molecular weight is 584 g/mol. The third-order valence-corrected chi connectivity index (χ3v) is 9.32. The summed E-state index contributed by atoms with van der Waals surface area (Å²) < 4.78 is 82.1. The van der Waals surface area contributed by atoms with E-state index in [1.807, 2.05) is 16.7 Å². The monoisotopic (exact) mass is 583 g/mol. The Bertz CT molecular complexity index is 1460. The highest BCUT2D eigenvalue weighted by Gasteiger charge is 2.80. The molecule has 0 spiro atoms. The number of hydrogen-bond donors (Lipinski definition) is 0. The quantitative estimate of drug-likeness (QED) is 0.357. The van der Waals surface area contributed by atoms with Crippen LogP contribution in [0.4, 0.5) is 32.3 Å². The minimum Gasteiger partial charge on any atom is -0.341 e. The van der Waals surface area contributed by atoms with E-state index in [-0.39, 0.29) is 31.1 Å². The molecule has 2 bridgehead atoms. The Morgan fingerprint density at radius 1 is 0.925 bits per heavy atom. The molecule has 4 heterocycles. The predicted molar refractivity (Wildman–Crippen MR) is 132 cm³/mol. The van der Waals surface area contributed by atoms with Crippen molar-refractivity contribution < 1.29 is 26.3 Å². The van der Waals surface area contributed by atoms with Gasteiger partial charge in [-0.15, -0.1) is 10.2 Å². The number of benzene rings is 1. The van der Waals surface area contributed by atoms with Crippen LogP contribution in [0.1, 0.15) is 60.9 Å². The lowest BCUT2D eigenvalue weighted by Gasteiger charge is -2.73. The van der Waals surface area contributed by atoms with Gasteiger partial charge in [-0.3, -0.25) is 9.47 Å². The number of alkyl halides is 6. The second-order valence-corrected chi connectivity index (χ2v) is 11.9. The summed E-state index contributed by atoms with van der Waals surface area (Å²) in [7, 11) is 0. The van der Waals surface area contributed by atoms with E-state index < -0.39 is 29.0 Å². The van der Waals surface area contributed by atoms with Gasteiger partial charge in [0, 0.05) is 42.3 Å². The molecule has 5 aliphatic rings. The van der Waals surface area contributed by atoms with Gasteiger partial charge in [-0.05, 0) is 61.9 Å². The Balaban J connectivity index is 1.15. The first kappa shape index (κ1) is 26.0. The van der Waals surface area contributed by atoms with Crippen molar-refractivity contribution >= 4 is 17.5 Å². The molecule has 0 N–H and O–H groups in total. The van der Waals surface area contributed by atoms with Crippen LogP contribution in [0.15, 0.2) is 30.5 Å². The molecule has 8 rings (SSSR count). The van der Waals surface area contributed by atoms with Crippen LogP contribution >= 0.6 is 11.6 Å². The van der Waals surface area contributed by atoms with Gasteiger partial charge < -0.3 is 4.90 Å². The molecule has 3 aromatic rings. The lowest BCUT2D eigenvalue weighted by atomic mass is 9.38. The lowest BCUT2D eigenvalue weighted by molar-refractivity contribution is -0.364. The Hall–Kier alpha value is -2.93. The van der Waals surface area contributed by atoms with Gasteiger partial charge >= 0.3 is 12.4 Å². The molecule has 0 atom stereocenters. The SMILES string of the molecule is FC(F)(F)c1ccnc(N2CCC(c3nnc4n3-c3ccc(Cl)cc3CN(C35CC(C(F)(F)F)(C3)C5)C4)CC2)n1. The summed E-state index contributed by atoms with van der Waals surface area (Å²) in [5, 5.41) is 9.55. The first-order chi connectivity index (χ1) is 18.9. The smallest absolute Gasteiger partial charge is 0.341 e. The summed E-state index contributed by atoms with van der Waals surface area (Å²) in [4.78, 5) is 11.6. The Morgan fingerprint density at radius 3 is 2.33 bits per heavy atom. The Morgan fingerprint density at radius 2 is 1.65 bits per heavy atom. The summed E-state index contributed by atoms with van der Waals surface area (Å²) in [5.74, 6) is 1.40. The lowest BCUT2D eigenvalue weighted by Crippen LogP contribution is -2.78. The first-order valence-corrected chi connectivity index (χ1v) is 13.5. The average Bonchev–Trinajstić information content (AvgIpc) is 3.17. The maximum atomic E-state index is 13.6. The molecule has 0 unspecified atom stereocenters. The van der Waals surface area contributed by atoms with E-state index in [0.29, 0.717) is 49.9 Å². The standard InChI is InChI=1S/C26H24ClF6N7/c27-17-1-2-18-16(9-17)10-39(24-12-23(13-24,14-24)26(31,32)33)11-20-36-37-21(40(18)20)15-4-7-38(8-5-15)22-34-6-3-19(35-22)25(28,29)30/h1-3,6,9,15H,4-5,7-8,10-14H2. The van der Waals surface area contributed by atoms with Crippen LogP contribution in [0.5, 0.6) is 0 Å². The zero-order valence-corrected chi connectivity index (χ0v) is 21.9. The Labute approximate surface area is 230 Å². The number of aromatic nitrogens is 5. The minimum atomic E-state index is -4.55. The zero-order chi connectivity index (χ0) is 28.1. The summed E-state index contributed by atoms with van der Waals surface area (Å²) >= 11 is 6.34. The summed E-state index contributed by atoms with van der Waals surface area (Å²) in [6.07, 6.45) is -6.14. The molecule has 2 aromatic heterocycles. The number of hydrogen-bond acceptors (Lipinski definition) is 6. The third kappa shape index (κ3) is 3.91. The highest BCUT2D eigenvalue weighted by molar-refractivity contribution is 6.30. The fraction of sp³-hybridized carbons (Fsp3) is 0.538. The fourth-order valence-corrected chi connectivity index (χ4v) is 7.19. The molecule has 3 aliphatic carbocycles. The van der Waals surface area contributed by atoms with E-state index in [2.05, 4.69) is 25.1 Å². The molecule has 4 fully saturated rings. The maximum Gasteiger partial charge on any atom is 0.433 e. The van der Waals surface area contributed by atoms with E-state index in [4.69, 9.17) is 11.6 Å². The van der Waals surface area contributed by atoms with Crippen molar-refractivity contribution in [3.63, 3.8) is 0 Å². The van der Waals surface area contributed by atoms with E-state index in [1.54, 1.807) is 11.0 Å². The topological polar surface area (TPSA) is 63.0 Å². The third-order valence-electron chi connectivity index (χ3n) is 9.08. The summed E-state index contributed by atoms with van der Waals surface area (Å²) in [5.41, 5.74) is -1.30. The van der Waals surface area contributed by atoms with Crippen LogP contribution in [0, 0.1) is 5.41 Å². The van der Waals surface area contributed by atoms with Crippen molar-refractivity contribution in [2.75, 3.05) is 18.0 Å². The molecule has 2 aliphatic heterocycles. The first-order valence-electron chi connectivity index (χ1n) is 13.1. The van der Waals surface area contributed by atoms with Gasteiger partial charge in [0.25, 0.3) is 0 Å². The number of piperidine rings is 1. The molecule has 1 aromatic carbocycles. The van der Waals surface area contributed by atoms with E-state index in [0.717, 1.165) is 29.3 Å². The minimum absolute atomic E-state index is 0.0261. The van der Waals surface area contributed by atoms with Crippen molar-refractivity contribution in [1.29, 1.82) is 0 Å². The molecule has 1 saturated heterocycles. The highest BCUT2D eigenvalue weighted by atomic mass is 35.5. The van der Waals surface area contributed by atoms with Crippen LogP contribution in [-0.2, 0) is 19.3 Å². The van der Waals surface area contributed by atoms with E-state index >= 15 is 0 Å². The number of halogens is 7. The van der Waals surface area contributed by atoms with Crippen LogP contribution < -0.4 is 4.90 Å². The second-order valence-electron chi connectivity index (χ2n) is 11.5. The molecule has 14 heteroatoms. The van der Waals surface area contributed by atoms with Gasteiger partial charge in [0.2, 0.25) is 5.95 Å². The summed E-state index contributed by atoms with van der Waals surface area (Å²) in [6, 6.07) is 6.37. The Kier molecular flexibility index (Phi) is 5.55. The van der Waals surface area contributed by atoms with Gasteiger partial charge in [0.05, 0.1) is 17.6 Å². The van der Waals surface area contributed by atoms with Crippen molar-refractivity contribution in [3.8, 4) is 5.69 Å². The van der Waals surface area contributed by atoms with Crippen LogP contribution in [0.3, 0.4) is 0 Å². The van der Waals surface area contributed by atoms with Gasteiger partial charge in [-0.25, -0.2) is 9.97 Å². The molecule has 0 radical (unpaired) electrons. The molecule has 212 valence electrons. The van der Waals surface area contributed by atoms with Crippen molar-refractivity contribution in [1.82, 2.24) is 29.6 Å². The molecule has 7 nitrogen and oxygen atoms in total. The largest absolute Gasteiger partial charge is 0.433 e. The van der Waals surface area contributed by atoms with Crippen LogP contribution in [-0.4, -0.2) is 54.4 Å². The normalized spacial score (nSPS) is 26.9. The molecular weight excluding hydrogens is 560 g/mol. The molecule has 0 amide bonds. The predicted octanol–water partition coefficient (Wildman–Crippen LogP) is 5.91. The molecule has 40 heavy (non-hydrogen) atoms. The van der Waals surface area contributed by atoms with Crippen molar-refractivity contribution in [3.05, 3.63) is 58.4 Å². The number of nitrogens with zero attached hydrogens (tertiary/aromatic N) is 7. The van der Waals surface area contributed by atoms with Gasteiger partial charge in [0.15, 0.2) is 5.82 Å². The van der Waals surface area contributed by atoms with Gasteiger partial charge in [-0.2, -0.15) is 26.3 Å². The number of anilines is 1. The van der Waals surface area contributed by atoms with Crippen molar-refractivity contribution in [2.45, 2.75) is 69.0 Å². The van der Waals surface area contributed by atoms with Crippen molar-refractivity contribution in [2.24, 2.45) is 5.41 Å². The highest BCUT2D eigenvalue weighted by Crippen LogP contribution is 2.75. The zero-order valence-electron chi connectivity index (χ0n) is 21.1. The van der Waals surface area contributed by atoms with E-state index in [1.165, 1.54) is 0 Å². The number of fused-ring (bicyclic) bond motifs is 3. The summed E-state index contributed by atoms with van der Waals surface area (Å²) in [6.45, 7) is 1.70. The maximum absolute atomic E-state index is 13.6. The van der Waals surface area contributed by atoms with E-state index in [9.17, 15) is 26.3 Å². The van der Waals surface area contributed by atoms with Crippen LogP contribution in [0.25, 0.3) is 5.69 Å².